The molecular formula is C50H37N. The highest BCUT2D eigenvalue weighted by Crippen LogP contribution is 2.59. The summed E-state index contributed by atoms with van der Waals surface area (Å²) in [6.07, 6.45) is 0. The van der Waals surface area contributed by atoms with E-state index in [0.29, 0.717) is 0 Å². The van der Waals surface area contributed by atoms with E-state index in [1.54, 1.807) is 0 Å². The van der Waals surface area contributed by atoms with E-state index in [0.717, 1.165) is 17.1 Å². The zero-order valence-corrected chi connectivity index (χ0v) is 28.6. The number of hydrogen-bond acceptors (Lipinski definition) is 1. The van der Waals surface area contributed by atoms with Gasteiger partial charge in [-0.25, -0.2) is 0 Å². The molecule has 1 nitrogen and oxygen atoms in total. The highest BCUT2D eigenvalue weighted by atomic mass is 15.1. The summed E-state index contributed by atoms with van der Waals surface area (Å²) in [7, 11) is 0. The molecule has 0 unspecified atom stereocenters. The van der Waals surface area contributed by atoms with E-state index in [2.05, 4.69) is 218 Å². The predicted molar refractivity (Wildman–Crippen MR) is 214 cm³/mol. The Kier molecular flexibility index (Phi) is 7.67. The smallest absolute Gasteiger partial charge is 0.0714 e. The molecule has 8 aromatic rings. The lowest BCUT2D eigenvalue weighted by molar-refractivity contribution is 0.768. The van der Waals surface area contributed by atoms with Crippen LogP contribution in [-0.2, 0) is 5.41 Å². The van der Waals surface area contributed by atoms with E-state index < -0.39 is 5.41 Å². The highest BCUT2D eigenvalue weighted by Gasteiger charge is 2.47. The third-order valence-electron chi connectivity index (χ3n) is 10.4. The fourth-order valence-corrected chi connectivity index (χ4v) is 8.09. The van der Waals surface area contributed by atoms with Gasteiger partial charge in [-0.2, -0.15) is 0 Å². The van der Waals surface area contributed by atoms with Crippen molar-refractivity contribution < 1.29 is 0 Å². The molecule has 0 aliphatic heterocycles. The lowest BCUT2D eigenvalue weighted by Gasteiger charge is -2.34. The summed E-state index contributed by atoms with van der Waals surface area (Å²) in [5.41, 5.74) is 16.7. The second kappa shape index (κ2) is 12.8. The van der Waals surface area contributed by atoms with Crippen LogP contribution in [0.5, 0.6) is 0 Å². The number of rotatable bonds is 7. The average molecular weight is 652 g/mol. The molecule has 0 aromatic heterocycles. The molecule has 0 N–H and O–H groups in total. The van der Waals surface area contributed by atoms with E-state index in [-0.39, 0.29) is 0 Å². The molecular weight excluding hydrogens is 615 g/mol. The van der Waals surface area contributed by atoms with Crippen LogP contribution in [0.15, 0.2) is 206 Å². The van der Waals surface area contributed by atoms with E-state index >= 15 is 0 Å². The first-order valence-electron chi connectivity index (χ1n) is 17.7. The van der Waals surface area contributed by atoms with Gasteiger partial charge >= 0.3 is 0 Å². The second-order valence-electron chi connectivity index (χ2n) is 13.4. The first kappa shape index (κ1) is 30.6. The van der Waals surface area contributed by atoms with Crippen molar-refractivity contribution in [2.24, 2.45) is 0 Å². The normalized spacial score (nSPS) is 12.6. The van der Waals surface area contributed by atoms with Crippen molar-refractivity contribution in [1.29, 1.82) is 0 Å². The molecule has 0 spiro atoms. The molecule has 0 fully saturated rings. The molecule has 0 atom stereocenters. The van der Waals surface area contributed by atoms with Crippen molar-refractivity contribution in [2.75, 3.05) is 4.90 Å². The predicted octanol–water partition coefficient (Wildman–Crippen LogP) is 13.2. The van der Waals surface area contributed by atoms with Crippen molar-refractivity contribution in [3.05, 3.63) is 234 Å². The molecule has 1 aliphatic carbocycles. The van der Waals surface area contributed by atoms with Gasteiger partial charge < -0.3 is 4.90 Å². The van der Waals surface area contributed by atoms with Gasteiger partial charge in [0.05, 0.1) is 11.1 Å². The summed E-state index contributed by atoms with van der Waals surface area (Å²) < 4.78 is 0. The maximum atomic E-state index is 2.44. The van der Waals surface area contributed by atoms with Crippen molar-refractivity contribution in [1.82, 2.24) is 0 Å². The first-order valence-corrected chi connectivity index (χ1v) is 17.7. The number of fused-ring (bicyclic) bond motifs is 3. The lowest BCUT2D eigenvalue weighted by Crippen LogP contribution is -2.28. The van der Waals surface area contributed by atoms with Crippen LogP contribution in [0.3, 0.4) is 0 Å². The van der Waals surface area contributed by atoms with Gasteiger partial charge in [-0.3, -0.25) is 0 Å². The number of aryl methyl sites for hydroxylation is 1. The van der Waals surface area contributed by atoms with Crippen molar-refractivity contribution >= 4 is 17.1 Å². The Morgan fingerprint density at radius 3 is 1.47 bits per heavy atom. The second-order valence-corrected chi connectivity index (χ2v) is 13.4. The fraction of sp³-hybridized carbons (Fsp3) is 0.0400. The number of benzene rings is 8. The Hall–Kier alpha value is -6.44. The summed E-state index contributed by atoms with van der Waals surface area (Å²) in [4.78, 5) is 2.44. The molecule has 0 bridgehead atoms. The van der Waals surface area contributed by atoms with Gasteiger partial charge in [0.1, 0.15) is 0 Å². The van der Waals surface area contributed by atoms with Crippen molar-refractivity contribution in [3.8, 4) is 33.4 Å². The van der Waals surface area contributed by atoms with Gasteiger partial charge in [-0.05, 0) is 93.4 Å². The van der Waals surface area contributed by atoms with E-state index in [9.17, 15) is 0 Å². The molecule has 242 valence electrons. The van der Waals surface area contributed by atoms with Crippen LogP contribution in [0.25, 0.3) is 33.4 Å². The SMILES string of the molecule is Cc1ccc(N(c2ccc(-c3cccc(-c4ccccc4)c3)cc2)c2cccc3c2-c2ccccc2C3(c2ccccc2)c2ccccc2)cc1. The third kappa shape index (κ3) is 5.18. The summed E-state index contributed by atoms with van der Waals surface area (Å²) in [6, 6.07) is 75.3. The topological polar surface area (TPSA) is 3.24 Å². The molecule has 0 radical (unpaired) electrons. The molecule has 1 heteroatoms. The van der Waals surface area contributed by atoms with Gasteiger partial charge in [-0.15, -0.1) is 0 Å². The Balaban J connectivity index is 1.24. The Morgan fingerprint density at radius 1 is 0.373 bits per heavy atom. The molecule has 51 heavy (non-hydrogen) atoms. The molecule has 0 amide bonds. The van der Waals surface area contributed by atoms with Crippen LogP contribution >= 0.6 is 0 Å². The van der Waals surface area contributed by atoms with E-state index in [4.69, 9.17) is 0 Å². The zero-order valence-electron chi connectivity index (χ0n) is 28.6. The molecule has 0 saturated carbocycles. The third-order valence-corrected chi connectivity index (χ3v) is 10.4. The molecule has 9 rings (SSSR count). The van der Waals surface area contributed by atoms with Gasteiger partial charge in [0, 0.05) is 16.9 Å². The summed E-state index contributed by atoms with van der Waals surface area (Å²) >= 11 is 0. The van der Waals surface area contributed by atoms with Gasteiger partial charge in [-0.1, -0.05) is 175 Å². The van der Waals surface area contributed by atoms with Crippen LogP contribution in [0, 0.1) is 6.92 Å². The van der Waals surface area contributed by atoms with Crippen molar-refractivity contribution in [3.63, 3.8) is 0 Å². The largest absolute Gasteiger partial charge is 0.310 e. The fourth-order valence-electron chi connectivity index (χ4n) is 8.09. The Morgan fingerprint density at radius 2 is 0.843 bits per heavy atom. The van der Waals surface area contributed by atoms with E-state index in [1.807, 2.05) is 0 Å². The average Bonchev–Trinajstić information content (AvgIpc) is 3.52. The van der Waals surface area contributed by atoms with E-state index in [1.165, 1.54) is 61.2 Å². The standard InChI is InChI=1S/C50H37N/c1-36-27-31-43(32-28-36)51(44-33-29-38(30-34-44)40-18-13-17-39(35-40)37-15-5-2-6-16-37)48-26-14-25-47-49(48)45-23-11-12-24-46(45)50(47,41-19-7-3-8-20-41)42-21-9-4-10-22-42/h2-35H,1H3. The molecule has 8 aromatic carbocycles. The highest BCUT2D eigenvalue weighted by molar-refractivity contribution is 5.97. The molecule has 0 saturated heterocycles. The van der Waals surface area contributed by atoms with Crippen molar-refractivity contribution in [2.45, 2.75) is 12.3 Å². The number of hydrogen-bond donors (Lipinski definition) is 0. The summed E-state index contributed by atoms with van der Waals surface area (Å²) in [5, 5.41) is 0. The first-order chi connectivity index (χ1) is 25.2. The lowest BCUT2D eigenvalue weighted by atomic mass is 9.68. The van der Waals surface area contributed by atoms with Crippen LogP contribution in [0.1, 0.15) is 27.8 Å². The molecule has 0 heterocycles. The minimum atomic E-state index is -0.461. The Bertz CT molecular complexity index is 2410. The Labute approximate surface area is 300 Å². The van der Waals surface area contributed by atoms with Crippen LogP contribution in [0.4, 0.5) is 17.1 Å². The maximum absolute atomic E-state index is 2.44. The van der Waals surface area contributed by atoms with Gasteiger partial charge in [0.25, 0.3) is 0 Å². The maximum Gasteiger partial charge on any atom is 0.0714 e. The van der Waals surface area contributed by atoms with Crippen LogP contribution in [0.2, 0.25) is 0 Å². The number of anilines is 3. The molecule has 1 aliphatic rings. The van der Waals surface area contributed by atoms with Gasteiger partial charge in [0.2, 0.25) is 0 Å². The summed E-state index contributed by atoms with van der Waals surface area (Å²) in [6.45, 7) is 2.15. The zero-order chi connectivity index (χ0) is 34.2. The quantitative estimate of drug-likeness (QED) is 0.166. The number of nitrogens with zero attached hydrogens (tertiary/aromatic N) is 1. The van der Waals surface area contributed by atoms with Gasteiger partial charge in [0.15, 0.2) is 0 Å². The van der Waals surface area contributed by atoms with Crippen LogP contribution < -0.4 is 4.90 Å². The van der Waals surface area contributed by atoms with Crippen LogP contribution in [-0.4, -0.2) is 0 Å². The summed E-state index contributed by atoms with van der Waals surface area (Å²) in [5.74, 6) is 0. The minimum absolute atomic E-state index is 0.461. The monoisotopic (exact) mass is 651 g/mol. The minimum Gasteiger partial charge on any atom is -0.310 e.